The van der Waals surface area contributed by atoms with Gasteiger partial charge in [0.05, 0.1) is 12.0 Å². The van der Waals surface area contributed by atoms with E-state index in [-0.39, 0.29) is 11.3 Å². The van der Waals surface area contributed by atoms with Crippen LogP contribution in [0, 0.1) is 18.6 Å². The van der Waals surface area contributed by atoms with Crippen LogP contribution in [0.3, 0.4) is 0 Å². The Labute approximate surface area is 124 Å². The van der Waals surface area contributed by atoms with E-state index < -0.39 is 29.6 Å². The van der Waals surface area contributed by atoms with E-state index in [1.165, 1.54) is 19.3 Å². The number of rotatable bonds is 4. The van der Waals surface area contributed by atoms with Crippen molar-refractivity contribution in [1.82, 2.24) is 0 Å². The maximum atomic E-state index is 13.4. The molecule has 0 spiro atoms. The number of aryl methyl sites for hydroxylation is 1. The van der Waals surface area contributed by atoms with Gasteiger partial charge in [-0.15, -0.1) is 0 Å². The fourth-order valence-corrected chi connectivity index (χ4v) is 1.70. The number of carbonyl (C=O) groups excluding carboxylic acids is 2. The summed E-state index contributed by atoms with van der Waals surface area (Å²) < 4.78 is 36.1. The largest absolute Gasteiger partial charge is 0.469 e. The van der Waals surface area contributed by atoms with Crippen LogP contribution >= 0.6 is 0 Å². The monoisotopic (exact) mass is 309 g/mol. The maximum absolute atomic E-state index is 13.4. The molecule has 0 bridgehead atoms. The Kier molecular flexibility index (Phi) is 4.55. The van der Waals surface area contributed by atoms with E-state index in [1.54, 1.807) is 6.92 Å². The van der Waals surface area contributed by atoms with Gasteiger partial charge in [0.1, 0.15) is 23.0 Å². The molecule has 0 saturated carbocycles. The van der Waals surface area contributed by atoms with Gasteiger partial charge in [-0.05, 0) is 32.0 Å². The first-order valence-electron chi connectivity index (χ1n) is 6.39. The summed E-state index contributed by atoms with van der Waals surface area (Å²) >= 11 is 0. The van der Waals surface area contributed by atoms with Crippen molar-refractivity contribution in [1.29, 1.82) is 0 Å². The minimum Gasteiger partial charge on any atom is -0.469 e. The van der Waals surface area contributed by atoms with Gasteiger partial charge in [0.25, 0.3) is 5.91 Å². The molecule has 1 aromatic carbocycles. The lowest BCUT2D eigenvalue weighted by Crippen LogP contribution is -2.30. The van der Waals surface area contributed by atoms with Crippen molar-refractivity contribution in [3.05, 3.63) is 53.5 Å². The van der Waals surface area contributed by atoms with Gasteiger partial charge in [-0.25, -0.2) is 13.6 Å². The number of esters is 1. The lowest BCUT2D eigenvalue weighted by molar-refractivity contribution is -0.123. The molecule has 0 aliphatic carbocycles. The molecule has 2 aromatic rings. The first-order chi connectivity index (χ1) is 10.4. The van der Waals surface area contributed by atoms with Gasteiger partial charge >= 0.3 is 5.97 Å². The van der Waals surface area contributed by atoms with Crippen molar-refractivity contribution >= 4 is 17.6 Å². The highest BCUT2D eigenvalue weighted by Gasteiger charge is 2.22. The van der Waals surface area contributed by atoms with Crippen LogP contribution in [0.15, 0.2) is 34.9 Å². The topological polar surface area (TPSA) is 68.5 Å². The van der Waals surface area contributed by atoms with E-state index in [9.17, 15) is 18.4 Å². The summed E-state index contributed by atoms with van der Waals surface area (Å²) in [4.78, 5) is 23.7. The maximum Gasteiger partial charge on any atom is 0.342 e. The molecule has 0 radical (unpaired) electrons. The molecule has 116 valence electrons. The summed E-state index contributed by atoms with van der Waals surface area (Å²) in [6.45, 7) is 2.92. The van der Waals surface area contributed by atoms with E-state index in [0.717, 1.165) is 12.1 Å². The SMILES string of the molecule is Cc1occc1C(=O)O[C@@H](C)C(=O)Nc1ccc(F)cc1F. The molecule has 7 heteroatoms. The number of hydrogen-bond donors (Lipinski definition) is 1. The third-order valence-corrected chi connectivity index (χ3v) is 2.92. The van der Waals surface area contributed by atoms with E-state index >= 15 is 0 Å². The van der Waals surface area contributed by atoms with Crippen LogP contribution in [0.25, 0.3) is 0 Å². The molecular formula is C15H13F2NO4. The van der Waals surface area contributed by atoms with Crippen molar-refractivity contribution in [3.8, 4) is 0 Å². The number of hydrogen-bond acceptors (Lipinski definition) is 4. The quantitative estimate of drug-likeness (QED) is 0.881. The average molecular weight is 309 g/mol. The Balaban J connectivity index is 2.00. The van der Waals surface area contributed by atoms with Crippen molar-refractivity contribution in [2.45, 2.75) is 20.0 Å². The van der Waals surface area contributed by atoms with Crippen LogP contribution in [-0.4, -0.2) is 18.0 Å². The van der Waals surface area contributed by atoms with Crippen LogP contribution in [0.1, 0.15) is 23.0 Å². The zero-order valence-corrected chi connectivity index (χ0v) is 11.9. The zero-order chi connectivity index (χ0) is 16.3. The smallest absolute Gasteiger partial charge is 0.342 e. The van der Waals surface area contributed by atoms with Gasteiger partial charge in [-0.1, -0.05) is 0 Å². The molecule has 0 fully saturated rings. The standard InChI is InChI=1S/C15H13F2NO4/c1-8-11(5-6-21-8)15(20)22-9(2)14(19)18-13-4-3-10(16)7-12(13)17/h3-7,9H,1-2H3,(H,18,19)/t9-/m0/s1. The van der Waals surface area contributed by atoms with Crippen molar-refractivity contribution < 1.29 is 27.5 Å². The van der Waals surface area contributed by atoms with Gasteiger partial charge in [0, 0.05) is 6.07 Å². The first kappa shape index (κ1) is 15.7. The summed E-state index contributed by atoms with van der Waals surface area (Å²) in [6, 6.07) is 4.14. The molecule has 1 atom stereocenters. The van der Waals surface area contributed by atoms with Gasteiger partial charge in [0.2, 0.25) is 0 Å². The summed E-state index contributed by atoms with van der Waals surface area (Å²) in [5, 5.41) is 2.22. The predicted octanol–water partition coefficient (Wildman–Crippen LogP) is 3.05. The zero-order valence-electron chi connectivity index (χ0n) is 11.9. The van der Waals surface area contributed by atoms with Crippen LogP contribution in [0.4, 0.5) is 14.5 Å². The predicted molar refractivity (Wildman–Crippen MR) is 73.3 cm³/mol. The van der Waals surface area contributed by atoms with Crippen LogP contribution in [-0.2, 0) is 9.53 Å². The Morgan fingerprint density at radius 2 is 2.00 bits per heavy atom. The Morgan fingerprint density at radius 1 is 1.27 bits per heavy atom. The van der Waals surface area contributed by atoms with Gasteiger partial charge in [-0.2, -0.15) is 0 Å². The minimum absolute atomic E-state index is 0.200. The summed E-state index contributed by atoms with van der Waals surface area (Å²) in [5.41, 5.74) is 0.00130. The third kappa shape index (κ3) is 3.49. The minimum atomic E-state index is -1.16. The number of halogens is 2. The van der Waals surface area contributed by atoms with E-state index in [2.05, 4.69) is 5.32 Å². The van der Waals surface area contributed by atoms with E-state index in [4.69, 9.17) is 9.15 Å². The average Bonchev–Trinajstić information content (AvgIpc) is 2.88. The molecule has 1 amide bonds. The Bertz CT molecular complexity index is 711. The molecule has 0 aliphatic rings. The van der Waals surface area contributed by atoms with Gasteiger partial charge < -0.3 is 14.5 Å². The van der Waals surface area contributed by atoms with Crippen LogP contribution in [0.2, 0.25) is 0 Å². The lowest BCUT2D eigenvalue weighted by atomic mass is 10.2. The highest BCUT2D eigenvalue weighted by molar-refractivity contribution is 5.97. The molecule has 1 aromatic heterocycles. The van der Waals surface area contributed by atoms with E-state index in [1.807, 2.05) is 0 Å². The molecular weight excluding hydrogens is 296 g/mol. The number of ether oxygens (including phenoxy) is 1. The van der Waals surface area contributed by atoms with Gasteiger partial charge in [-0.3, -0.25) is 4.79 Å². The second-order valence-corrected chi connectivity index (χ2v) is 4.55. The number of furan rings is 1. The fourth-order valence-electron chi connectivity index (χ4n) is 1.70. The van der Waals surface area contributed by atoms with Gasteiger partial charge in [0.15, 0.2) is 6.10 Å². The van der Waals surface area contributed by atoms with Crippen molar-refractivity contribution in [2.24, 2.45) is 0 Å². The summed E-state index contributed by atoms with van der Waals surface area (Å²) in [7, 11) is 0. The van der Waals surface area contributed by atoms with Crippen LogP contribution < -0.4 is 5.32 Å². The Morgan fingerprint density at radius 3 is 2.59 bits per heavy atom. The number of anilines is 1. The van der Waals surface area contributed by atoms with Crippen LogP contribution in [0.5, 0.6) is 0 Å². The molecule has 1 heterocycles. The molecule has 0 saturated heterocycles. The molecule has 22 heavy (non-hydrogen) atoms. The highest BCUT2D eigenvalue weighted by atomic mass is 19.1. The second-order valence-electron chi connectivity index (χ2n) is 4.55. The third-order valence-electron chi connectivity index (χ3n) is 2.92. The second kappa shape index (κ2) is 6.38. The van der Waals surface area contributed by atoms with E-state index in [0.29, 0.717) is 11.8 Å². The summed E-state index contributed by atoms with van der Waals surface area (Å²) in [5.74, 6) is -2.78. The molecule has 0 unspecified atom stereocenters. The molecule has 2 rings (SSSR count). The first-order valence-corrected chi connectivity index (χ1v) is 6.39. The fraction of sp³-hybridized carbons (Fsp3) is 0.200. The molecule has 1 N–H and O–H groups in total. The number of nitrogens with one attached hydrogen (secondary N) is 1. The number of benzene rings is 1. The van der Waals surface area contributed by atoms with Crippen molar-refractivity contribution in [3.63, 3.8) is 0 Å². The summed E-state index contributed by atoms with van der Waals surface area (Å²) in [6.07, 6.45) is 0.163. The number of carbonyl (C=O) groups is 2. The van der Waals surface area contributed by atoms with Crippen molar-refractivity contribution in [2.75, 3.05) is 5.32 Å². The Hall–Kier alpha value is -2.70. The molecule has 5 nitrogen and oxygen atoms in total. The lowest BCUT2D eigenvalue weighted by Gasteiger charge is -2.13. The molecule has 0 aliphatic heterocycles. The highest BCUT2D eigenvalue weighted by Crippen LogP contribution is 2.16. The normalized spacial score (nSPS) is 11.8. The number of amides is 1.